The van der Waals surface area contributed by atoms with E-state index in [4.69, 9.17) is 4.74 Å². The van der Waals surface area contributed by atoms with E-state index < -0.39 is 0 Å². The molecule has 1 aromatic rings. The van der Waals surface area contributed by atoms with E-state index in [1.807, 2.05) is 51.9 Å². The third kappa shape index (κ3) is 5.30. The fraction of sp³-hybridized carbons (Fsp3) is 0.533. The highest BCUT2D eigenvalue weighted by atomic mass is 16.5. The predicted octanol–water partition coefficient (Wildman–Crippen LogP) is 2.07. The predicted molar refractivity (Wildman–Crippen MR) is 77.8 cm³/mol. The van der Waals surface area contributed by atoms with Gasteiger partial charge in [-0.25, -0.2) is 0 Å². The highest BCUT2D eigenvalue weighted by molar-refractivity contribution is 5.94. The van der Waals surface area contributed by atoms with Crippen LogP contribution in [0.15, 0.2) is 18.2 Å². The molecule has 1 amide bonds. The maximum Gasteiger partial charge on any atom is 0.251 e. The lowest BCUT2D eigenvalue weighted by Crippen LogP contribution is -2.31. The Bertz CT molecular complexity index is 428. The molecule has 0 aliphatic heterocycles. The molecule has 1 aromatic carbocycles. The topological polar surface area (TPSA) is 41.6 Å². The van der Waals surface area contributed by atoms with Crippen LogP contribution in [0.1, 0.15) is 29.8 Å². The van der Waals surface area contributed by atoms with Gasteiger partial charge in [0, 0.05) is 18.7 Å². The smallest absolute Gasteiger partial charge is 0.251 e. The summed E-state index contributed by atoms with van der Waals surface area (Å²) in [6.45, 7) is 7.41. The van der Waals surface area contributed by atoms with E-state index in [1.54, 1.807) is 6.07 Å². The lowest BCUT2D eigenvalue weighted by Gasteiger charge is -2.14. The molecule has 4 heteroatoms. The molecule has 0 aliphatic carbocycles. The number of likely N-dealkylation sites (N-methyl/N-ethyl adjacent to an activating group) is 1. The van der Waals surface area contributed by atoms with Gasteiger partial charge in [0.1, 0.15) is 5.75 Å². The maximum absolute atomic E-state index is 11.9. The number of carbonyl (C=O) groups excluding carboxylic acids is 1. The molecule has 106 valence electrons. The van der Waals surface area contributed by atoms with Crippen LogP contribution in [-0.4, -0.2) is 44.1 Å². The zero-order valence-electron chi connectivity index (χ0n) is 12.5. The number of nitrogens with zero attached hydrogens (tertiary/aromatic N) is 1. The molecule has 19 heavy (non-hydrogen) atoms. The van der Waals surface area contributed by atoms with E-state index in [9.17, 15) is 4.79 Å². The molecular formula is C15H24N2O2. The Morgan fingerprint density at radius 3 is 2.58 bits per heavy atom. The first-order valence-electron chi connectivity index (χ1n) is 6.60. The number of rotatable bonds is 6. The molecule has 0 heterocycles. The van der Waals surface area contributed by atoms with E-state index in [0.717, 1.165) is 17.9 Å². The summed E-state index contributed by atoms with van der Waals surface area (Å²) >= 11 is 0. The van der Waals surface area contributed by atoms with Crippen molar-refractivity contribution in [3.63, 3.8) is 0 Å². The van der Waals surface area contributed by atoms with Gasteiger partial charge in [0.05, 0.1) is 6.10 Å². The van der Waals surface area contributed by atoms with Gasteiger partial charge in [-0.05, 0) is 58.6 Å². The van der Waals surface area contributed by atoms with Gasteiger partial charge in [-0.3, -0.25) is 4.79 Å². The zero-order chi connectivity index (χ0) is 14.4. The number of hydrogen-bond donors (Lipinski definition) is 1. The largest absolute Gasteiger partial charge is 0.491 e. The normalized spacial score (nSPS) is 10.9. The summed E-state index contributed by atoms with van der Waals surface area (Å²) in [6.07, 6.45) is 0.137. The Morgan fingerprint density at radius 1 is 1.37 bits per heavy atom. The minimum Gasteiger partial charge on any atom is -0.491 e. The second-order valence-electron chi connectivity index (χ2n) is 5.21. The number of aryl methyl sites for hydroxylation is 1. The van der Waals surface area contributed by atoms with Crippen molar-refractivity contribution in [3.05, 3.63) is 29.3 Å². The minimum absolute atomic E-state index is 0.0407. The summed E-state index contributed by atoms with van der Waals surface area (Å²) in [6, 6.07) is 5.52. The summed E-state index contributed by atoms with van der Waals surface area (Å²) in [5.74, 6) is 0.792. The average Bonchev–Trinajstić information content (AvgIpc) is 2.30. The van der Waals surface area contributed by atoms with E-state index in [2.05, 4.69) is 5.32 Å². The standard InChI is InChI=1S/C15H24N2O2/c1-11(2)19-14-7-6-13(10-12(14)3)15(18)16-8-9-17(4)5/h6-7,10-11H,8-9H2,1-5H3,(H,16,18). The van der Waals surface area contributed by atoms with Crippen molar-refractivity contribution in [3.8, 4) is 5.75 Å². The molecule has 4 nitrogen and oxygen atoms in total. The lowest BCUT2D eigenvalue weighted by atomic mass is 10.1. The molecule has 0 atom stereocenters. The molecule has 0 aromatic heterocycles. The van der Waals surface area contributed by atoms with Crippen LogP contribution in [-0.2, 0) is 0 Å². The Balaban J connectivity index is 2.64. The van der Waals surface area contributed by atoms with Crippen LogP contribution in [0.25, 0.3) is 0 Å². The zero-order valence-corrected chi connectivity index (χ0v) is 12.5. The third-order valence-electron chi connectivity index (χ3n) is 2.64. The van der Waals surface area contributed by atoms with Crippen molar-refractivity contribution in [2.24, 2.45) is 0 Å². The van der Waals surface area contributed by atoms with Crippen LogP contribution in [0, 0.1) is 6.92 Å². The molecule has 0 unspecified atom stereocenters. The second-order valence-corrected chi connectivity index (χ2v) is 5.21. The molecule has 0 aliphatic rings. The number of hydrogen-bond acceptors (Lipinski definition) is 3. The SMILES string of the molecule is Cc1cc(C(=O)NCCN(C)C)ccc1OC(C)C. The summed E-state index contributed by atoms with van der Waals surface area (Å²) in [7, 11) is 3.96. The highest BCUT2D eigenvalue weighted by Crippen LogP contribution is 2.20. The monoisotopic (exact) mass is 264 g/mol. The van der Waals surface area contributed by atoms with Gasteiger partial charge in [0.15, 0.2) is 0 Å². The molecule has 0 saturated heterocycles. The number of ether oxygens (including phenoxy) is 1. The molecule has 0 bridgehead atoms. The Kier molecular flexibility index (Phi) is 5.83. The second kappa shape index (κ2) is 7.14. The number of carbonyl (C=O) groups is 1. The van der Waals surface area contributed by atoms with Crippen LogP contribution in [0.2, 0.25) is 0 Å². The quantitative estimate of drug-likeness (QED) is 0.855. The van der Waals surface area contributed by atoms with Crippen molar-refractivity contribution < 1.29 is 9.53 Å². The summed E-state index contributed by atoms with van der Waals surface area (Å²) < 4.78 is 5.65. The van der Waals surface area contributed by atoms with Gasteiger partial charge in [-0.2, -0.15) is 0 Å². The molecule has 0 saturated carbocycles. The fourth-order valence-corrected chi connectivity index (χ4v) is 1.67. The van der Waals surface area contributed by atoms with E-state index >= 15 is 0 Å². The van der Waals surface area contributed by atoms with Crippen molar-refractivity contribution >= 4 is 5.91 Å². The molecular weight excluding hydrogens is 240 g/mol. The van der Waals surface area contributed by atoms with E-state index in [-0.39, 0.29) is 12.0 Å². The first kappa shape index (κ1) is 15.5. The number of amides is 1. The van der Waals surface area contributed by atoms with Gasteiger partial charge in [0.25, 0.3) is 5.91 Å². The van der Waals surface area contributed by atoms with Gasteiger partial charge in [-0.1, -0.05) is 0 Å². The average molecular weight is 264 g/mol. The van der Waals surface area contributed by atoms with Crippen LogP contribution in [0.4, 0.5) is 0 Å². The Labute approximate surface area is 115 Å². The molecule has 0 fully saturated rings. The Morgan fingerprint density at radius 2 is 2.05 bits per heavy atom. The van der Waals surface area contributed by atoms with Crippen LogP contribution >= 0.6 is 0 Å². The van der Waals surface area contributed by atoms with E-state index in [0.29, 0.717) is 12.1 Å². The van der Waals surface area contributed by atoms with Crippen LogP contribution < -0.4 is 10.1 Å². The summed E-state index contributed by atoms with van der Waals surface area (Å²) in [5, 5.41) is 2.90. The van der Waals surface area contributed by atoms with Gasteiger partial charge < -0.3 is 15.0 Å². The van der Waals surface area contributed by atoms with Crippen molar-refractivity contribution in [1.29, 1.82) is 0 Å². The lowest BCUT2D eigenvalue weighted by molar-refractivity contribution is 0.0951. The van der Waals surface area contributed by atoms with Gasteiger partial charge in [-0.15, -0.1) is 0 Å². The third-order valence-corrected chi connectivity index (χ3v) is 2.64. The van der Waals surface area contributed by atoms with Gasteiger partial charge >= 0.3 is 0 Å². The maximum atomic E-state index is 11.9. The van der Waals surface area contributed by atoms with Crippen molar-refractivity contribution in [1.82, 2.24) is 10.2 Å². The summed E-state index contributed by atoms with van der Waals surface area (Å²) in [5.41, 5.74) is 1.65. The molecule has 1 N–H and O–H groups in total. The van der Waals surface area contributed by atoms with E-state index in [1.165, 1.54) is 0 Å². The highest BCUT2D eigenvalue weighted by Gasteiger charge is 2.08. The first-order chi connectivity index (χ1) is 8.90. The van der Waals surface area contributed by atoms with Crippen molar-refractivity contribution in [2.75, 3.05) is 27.2 Å². The van der Waals surface area contributed by atoms with Crippen LogP contribution in [0.5, 0.6) is 5.75 Å². The fourth-order valence-electron chi connectivity index (χ4n) is 1.67. The minimum atomic E-state index is -0.0407. The molecule has 0 spiro atoms. The number of nitrogens with one attached hydrogen (secondary N) is 1. The van der Waals surface area contributed by atoms with Crippen molar-refractivity contribution in [2.45, 2.75) is 26.9 Å². The molecule has 0 radical (unpaired) electrons. The number of benzene rings is 1. The first-order valence-corrected chi connectivity index (χ1v) is 6.60. The summed E-state index contributed by atoms with van der Waals surface area (Å²) in [4.78, 5) is 14.0. The van der Waals surface area contributed by atoms with Gasteiger partial charge in [0.2, 0.25) is 0 Å². The van der Waals surface area contributed by atoms with Crippen LogP contribution in [0.3, 0.4) is 0 Å². The Hall–Kier alpha value is -1.55. The molecule has 1 rings (SSSR count).